The number of carboxylic acid groups (broad SMARTS) is 1. The van der Waals surface area contributed by atoms with Crippen LogP contribution >= 0.6 is 36.2 Å². The summed E-state index contributed by atoms with van der Waals surface area (Å²) in [6, 6.07) is 7.02. The molecule has 0 radical (unpaired) electrons. The van der Waals surface area contributed by atoms with E-state index in [1.54, 1.807) is 34.7 Å². The lowest BCUT2D eigenvalue weighted by Crippen LogP contribution is -2.30. The summed E-state index contributed by atoms with van der Waals surface area (Å²) in [4.78, 5) is 29.4. The van der Waals surface area contributed by atoms with Gasteiger partial charge in [-0.3, -0.25) is 9.59 Å². The van der Waals surface area contributed by atoms with Crippen molar-refractivity contribution in [2.45, 2.75) is 13.0 Å². The first-order valence-electron chi connectivity index (χ1n) is 7.26. The first-order chi connectivity index (χ1) is 11.1. The van der Waals surface area contributed by atoms with Gasteiger partial charge in [-0.2, -0.15) is 0 Å². The maximum Gasteiger partial charge on any atom is 0.308 e. The smallest absolute Gasteiger partial charge is 0.308 e. The van der Waals surface area contributed by atoms with Crippen molar-refractivity contribution in [2.24, 2.45) is 5.92 Å². The van der Waals surface area contributed by atoms with Crippen LogP contribution in [0, 0.1) is 5.92 Å². The van der Waals surface area contributed by atoms with Gasteiger partial charge in [0.25, 0.3) is 5.91 Å². The maximum absolute atomic E-state index is 12.6. The molecule has 6 nitrogen and oxygen atoms in total. The van der Waals surface area contributed by atoms with Crippen LogP contribution in [0.1, 0.15) is 22.5 Å². The number of carboxylic acids is 1. The van der Waals surface area contributed by atoms with E-state index in [9.17, 15) is 9.59 Å². The van der Waals surface area contributed by atoms with Gasteiger partial charge in [-0.1, -0.05) is 12.1 Å². The van der Waals surface area contributed by atoms with Gasteiger partial charge in [0.2, 0.25) is 0 Å². The van der Waals surface area contributed by atoms with E-state index in [0.29, 0.717) is 30.9 Å². The van der Waals surface area contributed by atoms with Gasteiger partial charge in [0, 0.05) is 18.5 Å². The number of nitrogens with zero attached hydrogens (tertiary/aromatic N) is 2. The number of halogens is 2. The number of amides is 1. The predicted molar refractivity (Wildman–Crippen MR) is 99.0 cm³/mol. The molecular formula is C16H18Cl2N2O4S. The molecule has 1 N–H and O–H groups in total. The molecule has 1 aliphatic rings. The second-order valence-corrected chi connectivity index (χ2v) is 6.06. The Balaban J connectivity index is 0.00000156. The lowest BCUT2D eigenvalue weighted by atomic mass is 10.1. The van der Waals surface area contributed by atoms with E-state index >= 15 is 0 Å². The summed E-state index contributed by atoms with van der Waals surface area (Å²) < 4.78 is 5.72. The van der Waals surface area contributed by atoms with Crippen molar-refractivity contribution in [1.29, 1.82) is 0 Å². The summed E-state index contributed by atoms with van der Waals surface area (Å²) in [5, 5.41) is 11.0. The van der Waals surface area contributed by atoms with Crippen molar-refractivity contribution in [2.75, 3.05) is 13.1 Å². The summed E-state index contributed by atoms with van der Waals surface area (Å²) in [5.41, 5.74) is 2.99. The molecule has 0 spiro atoms. The molecule has 0 aliphatic carbocycles. The van der Waals surface area contributed by atoms with Crippen LogP contribution in [0.2, 0.25) is 0 Å². The van der Waals surface area contributed by atoms with E-state index < -0.39 is 11.9 Å². The minimum Gasteiger partial charge on any atom is -0.486 e. The molecule has 1 unspecified atom stereocenters. The van der Waals surface area contributed by atoms with Gasteiger partial charge in [0.05, 0.1) is 22.7 Å². The summed E-state index contributed by atoms with van der Waals surface area (Å²) in [5.74, 6) is -1.04. The number of thiazole rings is 1. The number of benzene rings is 1. The van der Waals surface area contributed by atoms with Gasteiger partial charge in [0.15, 0.2) is 0 Å². The Labute approximate surface area is 161 Å². The zero-order valence-corrected chi connectivity index (χ0v) is 15.6. The minimum absolute atomic E-state index is 0. The molecule has 1 aromatic heterocycles. The predicted octanol–water partition coefficient (Wildman–Crippen LogP) is 3.11. The molecule has 25 heavy (non-hydrogen) atoms. The summed E-state index contributed by atoms with van der Waals surface area (Å²) in [6.07, 6.45) is 0.489. The summed E-state index contributed by atoms with van der Waals surface area (Å²) in [6.45, 7) is 0.996. The first kappa shape index (κ1) is 21.2. The molecule has 1 amide bonds. The average Bonchev–Trinajstić information content (AvgIpc) is 3.24. The highest BCUT2D eigenvalue weighted by molar-refractivity contribution is 7.07. The van der Waals surface area contributed by atoms with Gasteiger partial charge >= 0.3 is 5.97 Å². The first-order valence-corrected chi connectivity index (χ1v) is 8.20. The third-order valence-corrected chi connectivity index (χ3v) is 4.44. The van der Waals surface area contributed by atoms with Crippen molar-refractivity contribution in [1.82, 2.24) is 9.88 Å². The molecular weight excluding hydrogens is 387 g/mol. The number of carbonyl (C=O) groups is 2. The highest BCUT2D eigenvalue weighted by Crippen LogP contribution is 2.25. The molecule has 1 atom stereocenters. The average molecular weight is 405 g/mol. The van der Waals surface area contributed by atoms with Crippen LogP contribution in [0.25, 0.3) is 0 Å². The monoisotopic (exact) mass is 404 g/mol. The van der Waals surface area contributed by atoms with Crippen LogP contribution < -0.4 is 4.74 Å². The number of carbonyl (C=O) groups excluding carboxylic acids is 1. The fourth-order valence-corrected chi connectivity index (χ4v) is 3.09. The zero-order chi connectivity index (χ0) is 16.2. The van der Waals surface area contributed by atoms with Crippen molar-refractivity contribution < 1.29 is 19.4 Å². The minimum atomic E-state index is -0.853. The number of hydrogen-bond donors (Lipinski definition) is 1. The van der Waals surface area contributed by atoms with E-state index in [-0.39, 0.29) is 37.3 Å². The molecule has 2 aromatic rings. The second kappa shape index (κ2) is 9.60. The molecule has 3 rings (SSSR count). The largest absolute Gasteiger partial charge is 0.486 e. The Hall–Kier alpha value is -1.83. The lowest BCUT2D eigenvalue weighted by Gasteiger charge is -2.18. The van der Waals surface area contributed by atoms with Crippen molar-refractivity contribution >= 4 is 48.0 Å². The number of aliphatic carboxylic acids is 1. The number of aromatic nitrogens is 1. The standard InChI is InChI=1S/C16H16N2O4S.2ClH/c19-15(18-6-5-11(7-18)16(20)21)13-3-1-2-4-14(13)22-8-12-9-23-10-17-12;;/h1-4,9-11H,5-8H2,(H,20,21);2*1H. The summed E-state index contributed by atoms with van der Waals surface area (Å²) >= 11 is 1.49. The molecule has 0 bridgehead atoms. The van der Waals surface area contributed by atoms with Crippen LogP contribution in [0.4, 0.5) is 0 Å². The molecule has 1 fully saturated rings. The summed E-state index contributed by atoms with van der Waals surface area (Å²) in [7, 11) is 0. The van der Waals surface area contributed by atoms with Crippen LogP contribution in [0.5, 0.6) is 5.75 Å². The molecule has 1 saturated heterocycles. The highest BCUT2D eigenvalue weighted by Gasteiger charge is 2.32. The Bertz CT molecular complexity index is 712. The SMILES string of the molecule is Cl.Cl.O=C(O)C1CCN(C(=O)c2ccccc2OCc2cscn2)C1. The Morgan fingerprint density at radius 2 is 2.08 bits per heavy atom. The Kier molecular flexibility index (Phi) is 8.15. The van der Waals surface area contributed by atoms with Crippen LogP contribution in [-0.2, 0) is 11.4 Å². The highest BCUT2D eigenvalue weighted by atomic mass is 35.5. The Morgan fingerprint density at radius 3 is 2.72 bits per heavy atom. The van der Waals surface area contributed by atoms with E-state index in [1.165, 1.54) is 11.3 Å². The van der Waals surface area contributed by atoms with Gasteiger partial charge in [-0.15, -0.1) is 36.2 Å². The molecule has 9 heteroatoms. The van der Waals surface area contributed by atoms with Crippen molar-refractivity contribution in [3.8, 4) is 5.75 Å². The van der Waals surface area contributed by atoms with Crippen LogP contribution in [0.15, 0.2) is 35.2 Å². The molecule has 2 heterocycles. The number of hydrogen-bond acceptors (Lipinski definition) is 5. The fraction of sp³-hybridized carbons (Fsp3) is 0.312. The van der Waals surface area contributed by atoms with E-state index in [0.717, 1.165) is 5.69 Å². The van der Waals surface area contributed by atoms with Crippen molar-refractivity contribution in [3.05, 3.63) is 46.4 Å². The third kappa shape index (κ3) is 5.07. The van der Waals surface area contributed by atoms with Crippen LogP contribution in [0.3, 0.4) is 0 Å². The van der Waals surface area contributed by atoms with Crippen LogP contribution in [-0.4, -0.2) is 40.0 Å². The molecule has 1 aromatic carbocycles. The van der Waals surface area contributed by atoms with Gasteiger partial charge in [0.1, 0.15) is 12.4 Å². The Morgan fingerprint density at radius 1 is 1.32 bits per heavy atom. The normalized spacial score (nSPS) is 15.8. The topological polar surface area (TPSA) is 79.7 Å². The maximum atomic E-state index is 12.6. The van der Waals surface area contributed by atoms with Gasteiger partial charge in [-0.05, 0) is 18.6 Å². The molecule has 1 aliphatic heterocycles. The third-order valence-electron chi connectivity index (χ3n) is 3.80. The fourth-order valence-electron chi connectivity index (χ4n) is 2.55. The van der Waals surface area contributed by atoms with E-state index in [1.807, 2.05) is 5.38 Å². The molecule has 136 valence electrons. The lowest BCUT2D eigenvalue weighted by molar-refractivity contribution is -0.141. The number of rotatable bonds is 5. The molecule has 0 saturated carbocycles. The number of para-hydroxylation sites is 1. The van der Waals surface area contributed by atoms with Gasteiger partial charge < -0.3 is 14.7 Å². The van der Waals surface area contributed by atoms with Gasteiger partial charge in [-0.25, -0.2) is 4.98 Å². The zero-order valence-electron chi connectivity index (χ0n) is 13.2. The number of likely N-dealkylation sites (tertiary alicyclic amines) is 1. The second-order valence-electron chi connectivity index (χ2n) is 5.34. The number of ether oxygens (including phenoxy) is 1. The van der Waals surface area contributed by atoms with Crippen molar-refractivity contribution in [3.63, 3.8) is 0 Å². The van der Waals surface area contributed by atoms with E-state index in [4.69, 9.17) is 9.84 Å². The quantitative estimate of drug-likeness (QED) is 0.827. The van der Waals surface area contributed by atoms with E-state index in [2.05, 4.69) is 4.98 Å².